The molecule has 0 aliphatic rings. The van der Waals surface area contributed by atoms with Crippen LogP contribution in [-0.4, -0.2) is 36.8 Å². The average molecular weight is 631 g/mol. The maximum absolute atomic E-state index is 15.1. The van der Waals surface area contributed by atoms with Gasteiger partial charge in [-0.2, -0.15) is 39.5 Å². The van der Waals surface area contributed by atoms with Crippen LogP contribution in [0, 0.1) is 0 Å². The van der Waals surface area contributed by atoms with E-state index >= 15 is 4.39 Å². The first-order valence-corrected chi connectivity index (χ1v) is 12.0. The molecule has 2 rings (SSSR count). The van der Waals surface area contributed by atoms with E-state index in [0.29, 0.717) is 12.1 Å². The third-order valence-electron chi connectivity index (χ3n) is 5.67. The lowest BCUT2D eigenvalue weighted by molar-refractivity contribution is -0.140. The number of rotatable bonds is 9. The van der Waals surface area contributed by atoms with Gasteiger partial charge in [-0.15, -0.1) is 0 Å². The number of amides is 2. The van der Waals surface area contributed by atoms with Crippen molar-refractivity contribution in [2.75, 3.05) is 6.54 Å². The Morgan fingerprint density at radius 1 is 0.952 bits per heavy atom. The van der Waals surface area contributed by atoms with Crippen LogP contribution in [0.25, 0.3) is 18.0 Å². The molecule has 0 aromatic heterocycles. The fraction of sp³-hybridized carbons (Fsp3) is 0.259. The van der Waals surface area contributed by atoms with Gasteiger partial charge in [0, 0.05) is 5.56 Å². The number of carbonyl (C=O) groups excluding carboxylic acids is 2. The lowest BCUT2D eigenvalue weighted by Crippen LogP contribution is -2.47. The van der Waals surface area contributed by atoms with Gasteiger partial charge in [0.1, 0.15) is 24.3 Å². The molecule has 2 N–H and O–H groups in total. The monoisotopic (exact) mass is 630 g/mol. The quantitative estimate of drug-likeness (QED) is 0.275. The number of alkyl halides is 9. The Kier molecular flexibility index (Phi) is 10.7. The normalized spacial score (nSPS) is 14.1. The summed E-state index contributed by atoms with van der Waals surface area (Å²) < 4.78 is 135. The zero-order valence-electron chi connectivity index (χ0n) is 21.4. The highest BCUT2D eigenvalue weighted by Crippen LogP contribution is 2.41. The van der Waals surface area contributed by atoms with Crippen molar-refractivity contribution in [1.29, 1.82) is 0 Å². The van der Waals surface area contributed by atoms with E-state index < -0.39 is 76.9 Å². The fourth-order valence-electron chi connectivity index (χ4n) is 3.60. The van der Waals surface area contributed by atoms with Crippen LogP contribution >= 0.6 is 11.6 Å². The van der Waals surface area contributed by atoms with Gasteiger partial charge < -0.3 is 10.6 Å². The van der Waals surface area contributed by atoms with Gasteiger partial charge in [0.25, 0.3) is 5.91 Å². The molecule has 0 bridgehead atoms. The first-order chi connectivity index (χ1) is 19.2. The minimum atomic E-state index is -5.33. The van der Waals surface area contributed by atoms with Crippen LogP contribution in [0.4, 0.5) is 43.9 Å². The summed E-state index contributed by atoms with van der Waals surface area (Å²) in [5.41, 5.74) is -4.30. The topological polar surface area (TPSA) is 58.2 Å². The van der Waals surface area contributed by atoms with Crippen molar-refractivity contribution >= 4 is 41.4 Å². The van der Waals surface area contributed by atoms with Gasteiger partial charge in [0.05, 0.1) is 16.1 Å². The molecule has 0 spiro atoms. The molecule has 0 radical (unpaired) electrons. The Bertz CT molecular complexity index is 1370. The Balaban J connectivity index is 2.51. The molecule has 42 heavy (non-hydrogen) atoms. The third kappa shape index (κ3) is 8.84. The van der Waals surface area contributed by atoms with E-state index in [-0.39, 0.29) is 28.3 Å². The van der Waals surface area contributed by atoms with Gasteiger partial charge >= 0.3 is 18.5 Å². The molecule has 2 amide bonds. The number of hydrogen-bond donors (Lipinski definition) is 2. The summed E-state index contributed by atoms with van der Waals surface area (Å²) in [5.74, 6) is -7.29. The average Bonchev–Trinajstić information content (AvgIpc) is 2.88. The summed E-state index contributed by atoms with van der Waals surface area (Å²) in [6.45, 7) is 6.02. The standard InChI is InChI=1S/C27H21ClF10N2O2/c1-4-14-8-17(9-15(5-2)22(14)28)19(26(33,34)35)11-21(29)16-6-7-18(20(10-16)27(36,37)38)24(42)40-13(3)23(41)39-12-25(30,31)32/h4-11,13,19H,1-2,12H2,3H3,(H,39,41)(H,40,42)/b21-11-/t13-,19-/m1/s1. The van der Waals surface area contributed by atoms with Crippen LogP contribution in [0.3, 0.4) is 0 Å². The molecule has 4 nitrogen and oxygen atoms in total. The van der Waals surface area contributed by atoms with Crippen molar-refractivity contribution in [3.05, 3.63) is 88.0 Å². The molecule has 0 aliphatic carbocycles. The number of allylic oxidation sites excluding steroid dienone is 1. The highest BCUT2D eigenvalue weighted by Gasteiger charge is 2.41. The molecule has 2 aromatic carbocycles. The maximum atomic E-state index is 15.1. The third-order valence-corrected chi connectivity index (χ3v) is 6.10. The lowest BCUT2D eigenvalue weighted by atomic mass is 9.92. The van der Waals surface area contributed by atoms with E-state index in [1.54, 1.807) is 5.32 Å². The van der Waals surface area contributed by atoms with Gasteiger partial charge in [-0.25, -0.2) is 4.39 Å². The Labute approximate surface area is 237 Å². The van der Waals surface area contributed by atoms with Crippen molar-refractivity contribution in [2.45, 2.75) is 37.4 Å². The molecule has 2 aromatic rings. The van der Waals surface area contributed by atoms with Crippen LogP contribution in [0.5, 0.6) is 0 Å². The van der Waals surface area contributed by atoms with E-state index in [1.807, 2.05) is 0 Å². The predicted octanol–water partition coefficient (Wildman–Crippen LogP) is 8.10. The Morgan fingerprint density at radius 3 is 1.95 bits per heavy atom. The van der Waals surface area contributed by atoms with Crippen LogP contribution < -0.4 is 10.6 Å². The molecule has 0 saturated heterocycles. The minimum absolute atomic E-state index is 0.0185. The van der Waals surface area contributed by atoms with E-state index in [9.17, 15) is 49.1 Å². The van der Waals surface area contributed by atoms with Gasteiger partial charge in [-0.05, 0) is 54.0 Å². The number of nitrogens with one attached hydrogen (secondary N) is 2. The number of carbonyl (C=O) groups is 2. The smallest absolute Gasteiger partial charge is 0.345 e. The van der Waals surface area contributed by atoms with Gasteiger partial charge in [-0.1, -0.05) is 43.0 Å². The summed E-state index contributed by atoms with van der Waals surface area (Å²) >= 11 is 6.06. The Morgan fingerprint density at radius 2 is 1.50 bits per heavy atom. The number of benzene rings is 2. The Hall–Kier alpha value is -3.81. The molecule has 0 unspecified atom stereocenters. The molecule has 0 heterocycles. The molecule has 0 fully saturated rings. The van der Waals surface area contributed by atoms with Gasteiger partial charge in [-0.3, -0.25) is 9.59 Å². The second kappa shape index (κ2) is 13.0. The van der Waals surface area contributed by atoms with Crippen LogP contribution in [0.15, 0.2) is 49.6 Å². The first kappa shape index (κ1) is 34.4. The van der Waals surface area contributed by atoms with Crippen molar-refractivity contribution < 1.29 is 53.5 Å². The SMILES string of the molecule is C=Cc1cc([C@@H](/C=C(\F)c2ccc(C(=O)N[C@H](C)C(=O)NCC(F)(F)F)c(C(F)(F)F)c2)C(F)(F)F)cc(C=C)c1Cl. The minimum Gasteiger partial charge on any atom is -0.345 e. The summed E-state index contributed by atoms with van der Waals surface area (Å²) in [6.07, 6.45) is -12.9. The van der Waals surface area contributed by atoms with Gasteiger partial charge in [0.15, 0.2) is 0 Å². The van der Waals surface area contributed by atoms with E-state index in [1.165, 1.54) is 5.32 Å². The van der Waals surface area contributed by atoms with Crippen molar-refractivity contribution in [1.82, 2.24) is 10.6 Å². The number of halogens is 11. The van der Waals surface area contributed by atoms with Crippen LogP contribution in [0.1, 0.15) is 51.0 Å². The van der Waals surface area contributed by atoms with E-state index in [4.69, 9.17) is 11.6 Å². The largest absolute Gasteiger partial charge is 0.417 e. The highest BCUT2D eigenvalue weighted by atomic mass is 35.5. The van der Waals surface area contributed by atoms with Crippen LogP contribution in [-0.2, 0) is 11.0 Å². The second-order valence-corrected chi connectivity index (χ2v) is 9.12. The lowest BCUT2D eigenvalue weighted by Gasteiger charge is -2.20. The zero-order valence-corrected chi connectivity index (χ0v) is 22.1. The van der Waals surface area contributed by atoms with E-state index in [2.05, 4.69) is 13.2 Å². The zero-order chi connectivity index (χ0) is 32.2. The molecule has 2 atom stereocenters. The van der Waals surface area contributed by atoms with E-state index in [0.717, 1.165) is 31.2 Å². The summed E-state index contributed by atoms with van der Waals surface area (Å²) in [4.78, 5) is 24.2. The fourth-order valence-corrected chi connectivity index (χ4v) is 3.86. The highest BCUT2D eigenvalue weighted by molar-refractivity contribution is 6.33. The molecule has 228 valence electrons. The van der Waals surface area contributed by atoms with Crippen molar-refractivity contribution in [3.63, 3.8) is 0 Å². The molecular formula is C27H21ClF10N2O2. The van der Waals surface area contributed by atoms with Crippen LogP contribution in [0.2, 0.25) is 5.02 Å². The van der Waals surface area contributed by atoms with Crippen molar-refractivity contribution in [2.24, 2.45) is 0 Å². The molecule has 0 aliphatic heterocycles. The number of hydrogen-bond acceptors (Lipinski definition) is 2. The summed E-state index contributed by atoms with van der Waals surface area (Å²) in [7, 11) is 0. The molecule has 15 heteroatoms. The predicted molar refractivity (Wildman–Crippen MR) is 137 cm³/mol. The molecular weight excluding hydrogens is 610 g/mol. The summed E-state index contributed by atoms with van der Waals surface area (Å²) in [6, 6.07) is 1.39. The van der Waals surface area contributed by atoms with Crippen molar-refractivity contribution in [3.8, 4) is 0 Å². The van der Waals surface area contributed by atoms with Gasteiger partial charge in [0.2, 0.25) is 5.91 Å². The first-order valence-electron chi connectivity index (χ1n) is 11.6. The maximum Gasteiger partial charge on any atom is 0.417 e. The second-order valence-electron chi connectivity index (χ2n) is 8.74. The molecule has 0 saturated carbocycles. The summed E-state index contributed by atoms with van der Waals surface area (Å²) in [5, 5.41) is 3.25.